The van der Waals surface area contributed by atoms with Crippen molar-refractivity contribution in [3.8, 4) is 22.7 Å². The van der Waals surface area contributed by atoms with Crippen LogP contribution in [0.2, 0.25) is 0 Å². The number of benzene rings is 3. The van der Waals surface area contributed by atoms with E-state index in [0.29, 0.717) is 21.5 Å². The van der Waals surface area contributed by atoms with Crippen molar-refractivity contribution < 1.29 is 19.4 Å². The van der Waals surface area contributed by atoms with Crippen LogP contribution >= 0.6 is 11.8 Å². The van der Waals surface area contributed by atoms with Gasteiger partial charge < -0.3 is 9.84 Å². The molecule has 0 unspecified atom stereocenters. The van der Waals surface area contributed by atoms with Crippen LogP contribution in [0, 0.1) is 0 Å². The lowest BCUT2D eigenvalue weighted by atomic mass is 10.1. The topological polar surface area (TPSA) is 97.0 Å². The molecule has 0 radical (unpaired) electrons. The molecule has 1 aromatic heterocycles. The van der Waals surface area contributed by atoms with Crippen molar-refractivity contribution in [1.82, 2.24) is 14.7 Å². The monoisotopic (exact) mass is 536 g/mol. The third-order valence-corrected chi connectivity index (χ3v) is 6.94. The number of hydrogen-bond donors (Lipinski definition) is 1. The first-order valence-corrected chi connectivity index (χ1v) is 12.8. The molecule has 0 atom stereocenters. The number of nitrogens with zero attached hydrogens (tertiary/aromatic N) is 4. The molecule has 5 rings (SSSR count). The molecule has 3 aromatic carbocycles. The Morgan fingerprint density at radius 1 is 1.10 bits per heavy atom. The zero-order chi connectivity index (χ0) is 27.4. The van der Waals surface area contributed by atoms with Gasteiger partial charge in [0.1, 0.15) is 5.75 Å². The Kier molecular flexibility index (Phi) is 7.42. The minimum Gasteiger partial charge on any atom is -0.497 e. The fourth-order valence-corrected chi connectivity index (χ4v) is 5.02. The van der Waals surface area contributed by atoms with Gasteiger partial charge >= 0.3 is 5.97 Å². The lowest BCUT2D eigenvalue weighted by molar-refractivity contribution is -0.121. The maximum Gasteiger partial charge on any atom is 0.335 e. The van der Waals surface area contributed by atoms with Crippen LogP contribution in [0.15, 0.2) is 108 Å². The van der Waals surface area contributed by atoms with E-state index in [2.05, 4.69) is 11.6 Å². The fraction of sp³-hybridized carbons (Fsp3) is 0.0667. The van der Waals surface area contributed by atoms with E-state index in [1.165, 1.54) is 28.8 Å². The summed E-state index contributed by atoms with van der Waals surface area (Å²) >= 11 is 1.22. The number of aliphatic imine (C=N–C) groups is 1. The summed E-state index contributed by atoms with van der Waals surface area (Å²) in [6.07, 6.45) is 5.32. The molecule has 1 saturated heterocycles. The number of rotatable bonds is 8. The maximum absolute atomic E-state index is 13.5. The van der Waals surface area contributed by atoms with E-state index in [0.717, 1.165) is 22.6 Å². The van der Waals surface area contributed by atoms with Gasteiger partial charge in [0.05, 0.1) is 34.6 Å². The second kappa shape index (κ2) is 11.2. The summed E-state index contributed by atoms with van der Waals surface area (Å²) in [5, 5.41) is 14.6. The Balaban J connectivity index is 1.57. The number of hydrogen-bond acceptors (Lipinski definition) is 6. The first kappa shape index (κ1) is 25.7. The Bertz CT molecular complexity index is 1610. The van der Waals surface area contributed by atoms with Crippen LogP contribution in [-0.2, 0) is 4.79 Å². The molecule has 9 heteroatoms. The van der Waals surface area contributed by atoms with Crippen molar-refractivity contribution in [1.29, 1.82) is 0 Å². The number of carbonyl (C=O) groups excluding carboxylic acids is 1. The van der Waals surface area contributed by atoms with E-state index >= 15 is 0 Å². The highest BCUT2D eigenvalue weighted by molar-refractivity contribution is 8.18. The van der Waals surface area contributed by atoms with Gasteiger partial charge in [-0.2, -0.15) is 5.10 Å². The minimum atomic E-state index is -1.04. The molecule has 39 heavy (non-hydrogen) atoms. The number of amides is 1. The molecule has 2 heterocycles. The molecule has 194 valence electrons. The van der Waals surface area contributed by atoms with E-state index in [1.807, 2.05) is 66.9 Å². The smallest absolute Gasteiger partial charge is 0.335 e. The molecule has 1 amide bonds. The summed E-state index contributed by atoms with van der Waals surface area (Å²) in [7, 11) is 1.62. The van der Waals surface area contributed by atoms with Crippen molar-refractivity contribution in [2.75, 3.05) is 13.7 Å². The summed E-state index contributed by atoms with van der Waals surface area (Å²) in [6, 6.07) is 23.6. The molecule has 1 N–H and O–H groups in total. The highest BCUT2D eigenvalue weighted by Crippen LogP contribution is 2.36. The van der Waals surface area contributed by atoms with Crippen LogP contribution in [0.5, 0.6) is 5.75 Å². The van der Waals surface area contributed by atoms with Gasteiger partial charge in [-0.15, -0.1) is 6.58 Å². The number of amidine groups is 1. The van der Waals surface area contributed by atoms with Gasteiger partial charge in [0.2, 0.25) is 0 Å². The predicted octanol–water partition coefficient (Wildman–Crippen LogP) is 6.04. The number of aromatic carboxylic acids is 1. The number of carboxylic acid groups (broad SMARTS) is 1. The Labute approximate surface area is 229 Å². The summed E-state index contributed by atoms with van der Waals surface area (Å²) in [4.78, 5) is 31.4. The summed E-state index contributed by atoms with van der Waals surface area (Å²) < 4.78 is 7.08. The van der Waals surface area contributed by atoms with Gasteiger partial charge in [-0.05, 0) is 72.4 Å². The number of para-hydroxylation sites is 1. The normalized spacial score (nSPS) is 15.2. The van der Waals surface area contributed by atoms with Crippen molar-refractivity contribution in [2.45, 2.75) is 0 Å². The zero-order valence-corrected chi connectivity index (χ0v) is 21.8. The Morgan fingerprint density at radius 2 is 1.87 bits per heavy atom. The van der Waals surface area contributed by atoms with Gasteiger partial charge in [-0.3, -0.25) is 9.69 Å². The molecule has 0 spiro atoms. The first-order valence-electron chi connectivity index (χ1n) is 12.0. The van der Waals surface area contributed by atoms with Crippen LogP contribution in [0.1, 0.15) is 15.9 Å². The summed E-state index contributed by atoms with van der Waals surface area (Å²) in [6.45, 7) is 4.03. The molecule has 0 bridgehead atoms. The van der Waals surface area contributed by atoms with Gasteiger partial charge in [0, 0.05) is 23.9 Å². The Morgan fingerprint density at radius 3 is 2.56 bits per heavy atom. The average molecular weight is 537 g/mol. The minimum absolute atomic E-state index is 0.120. The second-order valence-electron chi connectivity index (χ2n) is 8.51. The molecule has 0 saturated carbocycles. The quantitative estimate of drug-likeness (QED) is 0.218. The molecular weight excluding hydrogens is 512 g/mol. The van der Waals surface area contributed by atoms with E-state index in [1.54, 1.807) is 30.0 Å². The number of carbonyl (C=O) groups is 2. The number of aromatic nitrogens is 2. The largest absolute Gasteiger partial charge is 0.497 e. The first-order chi connectivity index (χ1) is 19.0. The van der Waals surface area contributed by atoms with E-state index in [-0.39, 0.29) is 18.0 Å². The average Bonchev–Trinajstić information content (AvgIpc) is 3.51. The van der Waals surface area contributed by atoms with E-state index in [9.17, 15) is 14.7 Å². The molecule has 0 aliphatic carbocycles. The van der Waals surface area contributed by atoms with Crippen LogP contribution < -0.4 is 4.74 Å². The van der Waals surface area contributed by atoms with Crippen LogP contribution in [-0.4, -0.2) is 50.5 Å². The third kappa shape index (κ3) is 5.53. The standard InChI is InChI=1S/C30H24N4O4S/c1-3-16-33-28(35)26(39-30(33)31-23-9-7-8-21(17-23)29(36)37)18-22-19-34(24-10-5-4-6-11-24)32-27(22)20-12-14-25(38-2)15-13-20/h3-15,17-19H,1,16H2,2H3,(H,36,37)/b26-18-,31-30?. The highest BCUT2D eigenvalue weighted by atomic mass is 32.2. The highest BCUT2D eigenvalue weighted by Gasteiger charge is 2.33. The number of thioether (sulfide) groups is 1. The lowest BCUT2D eigenvalue weighted by Gasteiger charge is -2.12. The van der Waals surface area contributed by atoms with Crippen LogP contribution in [0.25, 0.3) is 23.0 Å². The summed E-state index contributed by atoms with van der Waals surface area (Å²) in [5.41, 5.74) is 3.78. The fourth-order valence-electron chi connectivity index (χ4n) is 4.02. The molecule has 1 aliphatic rings. The predicted molar refractivity (Wildman–Crippen MR) is 154 cm³/mol. The van der Waals surface area contributed by atoms with Gasteiger partial charge in [-0.25, -0.2) is 14.5 Å². The van der Waals surface area contributed by atoms with Crippen LogP contribution in [0.4, 0.5) is 5.69 Å². The second-order valence-corrected chi connectivity index (χ2v) is 9.52. The Hall–Kier alpha value is -4.89. The van der Waals surface area contributed by atoms with Crippen molar-refractivity contribution in [3.63, 3.8) is 0 Å². The van der Waals surface area contributed by atoms with Gasteiger partial charge in [0.15, 0.2) is 5.17 Å². The molecule has 4 aromatic rings. The van der Waals surface area contributed by atoms with Gasteiger partial charge in [-0.1, -0.05) is 30.3 Å². The van der Waals surface area contributed by atoms with E-state index in [4.69, 9.17) is 9.84 Å². The number of methoxy groups -OCH3 is 1. The van der Waals surface area contributed by atoms with E-state index < -0.39 is 5.97 Å². The zero-order valence-electron chi connectivity index (χ0n) is 21.0. The lowest BCUT2D eigenvalue weighted by Crippen LogP contribution is -2.29. The molecule has 1 aliphatic heterocycles. The van der Waals surface area contributed by atoms with Crippen molar-refractivity contribution in [3.05, 3.63) is 114 Å². The third-order valence-electron chi connectivity index (χ3n) is 5.93. The van der Waals surface area contributed by atoms with Gasteiger partial charge in [0.25, 0.3) is 5.91 Å². The number of ether oxygens (including phenoxy) is 1. The molecule has 1 fully saturated rings. The SMILES string of the molecule is C=CCN1C(=O)/C(=C/c2cn(-c3ccccc3)nc2-c2ccc(OC)cc2)SC1=Nc1cccc(C(=O)O)c1. The molecular formula is C30H24N4O4S. The number of carboxylic acids is 1. The van der Waals surface area contributed by atoms with Crippen molar-refractivity contribution in [2.24, 2.45) is 4.99 Å². The summed E-state index contributed by atoms with van der Waals surface area (Å²) in [5.74, 6) is -0.533. The van der Waals surface area contributed by atoms with Crippen LogP contribution in [0.3, 0.4) is 0 Å². The maximum atomic E-state index is 13.5. The molecule has 8 nitrogen and oxygen atoms in total. The van der Waals surface area contributed by atoms with Crippen molar-refractivity contribution >= 4 is 40.6 Å².